The fourth-order valence-electron chi connectivity index (χ4n) is 1.62. The van der Waals surface area contributed by atoms with Crippen molar-refractivity contribution >= 4 is 0 Å². The van der Waals surface area contributed by atoms with E-state index < -0.39 is 11.5 Å². The second-order valence-electron chi connectivity index (χ2n) is 5.32. The Bertz CT molecular complexity index is 378. The molecule has 0 radical (unpaired) electrons. The van der Waals surface area contributed by atoms with E-state index in [9.17, 15) is 8.78 Å². The van der Waals surface area contributed by atoms with Crippen LogP contribution < -0.4 is 5.73 Å². The fraction of sp³-hybridized carbons (Fsp3) is 0.538. The van der Waals surface area contributed by atoms with Crippen molar-refractivity contribution in [3.63, 3.8) is 0 Å². The summed E-state index contributed by atoms with van der Waals surface area (Å²) in [6, 6.07) is 4.81. The van der Waals surface area contributed by atoms with Crippen LogP contribution >= 0.6 is 0 Å². The molecule has 0 amide bonds. The molecule has 0 bridgehead atoms. The molecule has 16 heavy (non-hydrogen) atoms. The van der Waals surface area contributed by atoms with Crippen molar-refractivity contribution in [3.8, 4) is 0 Å². The number of nitrogens with two attached hydrogens (primary N) is 1. The van der Waals surface area contributed by atoms with Gasteiger partial charge in [-0.05, 0) is 17.9 Å². The first-order chi connectivity index (χ1) is 7.20. The molecular formula is C13H19F2N. The van der Waals surface area contributed by atoms with E-state index in [1.54, 1.807) is 12.1 Å². The monoisotopic (exact) mass is 227 g/mol. The minimum atomic E-state index is -1.81. The maximum Gasteiger partial charge on any atom is 0.148 e. The number of alkyl halides is 1. The van der Waals surface area contributed by atoms with Crippen LogP contribution in [-0.4, -0.2) is 6.54 Å². The van der Waals surface area contributed by atoms with Gasteiger partial charge in [-0.2, -0.15) is 0 Å². The molecule has 1 unspecified atom stereocenters. The first kappa shape index (κ1) is 13.1. The van der Waals surface area contributed by atoms with Crippen LogP contribution in [0.4, 0.5) is 8.78 Å². The summed E-state index contributed by atoms with van der Waals surface area (Å²) in [6.07, 6.45) is 0. The van der Waals surface area contributed by atoms with Crippen LogP contribution in [0.25, 0.3) is 0 Å². The number of hydrogen-bond donors (Lipinski definition) is 1. The second-order valence-corrected chi connectivity index (χ2v) is 5.32. The van der Waals surface area contributed by atoms with Crippen molar-refractivity contribution < 1.29 is 8.78 Å². The molecule has 0 saturated heterocycles. The van der Waals surface area contributed by atoms with Crippen LogP contribution in [0.5, 0.6) is 0 Å². The van der Waals surface area contributed by atoms with E-state index in [2.05, 4.69) is 0 Å². The minimum absolute atomic E-state index is 0.0439. The van der Waals surface area contributed by atoms with E-state index in [1.165, 1.54) is 13.0 Å². The number of hydrogen-bond acceptors (Lipinski definition) is 1. The van der Waals surface area contributed by atoms with Gasteiger partial charge in [0, 0.05) is 12.1 Å². The Labute approximate surface area is 95.7 Å². The topological polar surface area (TPSA) is 26.0 Å². The van der Waals surface area contributed by atoms with Crippen molar-refractivity contribution in [1.29, 1.82) is 0 Å². The molecule has 1 nitrogen and oxygen atoms in total. The Balaban J connectivity index is 3.36. The lowest BCUT2D eigenvalue weighted by atomic mass is 9.83. The van der Waals surface area contributed by atoms with Gasteiger partial charge < -0.3 is 5.73 Å². The third-order valence-corrected chi connectivity index (χ3v) is 2.75. The summed E-state index contributed by atoms with van der Waals surface area (Å²) in [7, 11) is 0. The summed E-state index contributed by atoms with van der Waals surface area (Å²) in [4.78, 5) is 0. The molecular weight excluding hydrogens is 208 g/mol. The Hall–Kier alpha value is -0.960. The van der Waals surface area contributed by atoms with Gasteiger partial charge in [0.05, 0.1) is 0 Å². The van der Waals surface area contributed by atoms with Gasteiger partial charge in [0.1, 0.15) is 11.5 Å². The average Bonchev–Trinajstić information content (AvgIpc) is 2.16. The third-order valence-electron chi connectivity index (χ3n) is 2.75. The average molecular weight is 227 g/mol. The van der Waals surface area contributed by atoms with Crippen molar-refractivity contribution in [1.82, 2.24) is 0 Å². The summed E-state index contributed by atoms with van der Waals surface area (Å²) in [6.45, 7) is 6.77. The first-order valence-electron chi connectivity index (χ1n) is 5.38. The van der Waals surface area contributed by atoms with Crippen molar-refractivity contribution in [2.75, 3.05) is 6.54 Å². The maximum atomic E-state index is 14.2. The molecule has 0 heterocycles. The number of halogens is 2. The minimum Gasteiger partial charge on any atom is -0.327 e. The smallest absolute Gasteiger partial charge is 0.148 e. The molecule has 1 rings (SSSR count). The van der Waals surface area contributed by atoms with Crippen LogP contribution in [0.15, 0.2) is 18.2 Å². The quantitative estimate of drug-likeness (QED) is 0.824. The summed E-state index contributed by atoms with van der Waals surface area (Å²) in [5.41, 5.74) is 3.73. The van der Waals surface area contributed by atoms with Crippen LogP contribution in [0.3, 0.4) is 0 Å². The predicted octanol–water partition coefficient (Wildman–Crippen LogP) is 3.27. The molecule has 1 aromatic rings. The lowest BCUT2D eigenvalue weighted by molar-refractivity contribution is 0.195. The van der Waals surface area contributed by atoms with Crippen molar-refractivity contribution in [3.05, 3.63) is 35.1 Å². The van der Waals surface area contributed by atoms with E-state index in [-0.39, 0.29) is 17.5 Å². The van der Waals surface area contributed by atoms with Crippen LogP contribution in [-0.2, 0) is 11.1 Å². The Morgan fingerprint density at radius 2 is 1.62 bits per heavy atom. The zero-order chi connectivity index (χ0) is 12.6. The molecule has 0 spiro atoms. The Morgan fingerprint density at radius 1 is 1.12 bits per heavy atom. The fourth-order valence-corrected chi connectivity index (χ4v) is 1.62. The molecule has 1 atom stereocenters. The highest BCUT2D eigenvalue weighted by Crippen LogP contribution is 2.33. The molecule has 0 aliphatic heterocycles. The van der Waals surface area contributed by atoms with E-state index in [4.69, 9.17) is 5.73 Å². The van der Waals surface area contributed by atoms with Gasteiger partial charge in [0.15, 0.2) is 0 Å². The van der Waals surface area contributed by atoms with Crippen molar-refractivity contribution in [2.45, 2.75) is 38.8 Å². The van der Waals surface area contributed by atoms with Gasteiger partial charge in [-0.3, -0.25) is 0 Å². The highest BCUT2D eigenvalue weighted by Gasteiger charge is 2.30. The Kier molecular flexibility index (Phi) is 3.38. The van der Waals surface area contributed by atoms with Crippen LogP contribution in [0.2, 0.25) is 0 Å². The number of rotatable bonds is 2. The van der Waals surface area contributed by atoms with E-state index >= 15 is 0 Å². The normalized spacial score (nSPS) is 15.9. The van der Waals surface area contributed by atoms with Crippen LogP contribution in [0, 0.1) is 5.82 Å². The van der Waals surface area contributed by atoms with Crippen LogP contribution in [0.1, 0.15) is 38.8 Å². The van der Waals surface area contributed by atoms with Gasteiger partial charge in [-0.1, -0.05) is 39.0 Å². The van der Waals surface area contributed by atoms with Gasteiger partial charge in [0.25, 0.3) is 0 Å². The lowest BCUT2D eigenvalue weighted by Crippen LogP contribution is -2.29. The maximum absolute atomic E-state index is 14.2. The molecule has 2 N–H and O–H groups in total. The third kappa shape index (κ3) is 2.40. The number of benzene rings is 1. The largest absolute Gasteiger partial charge is 0.327 e. The standard InChI is InChI=1S/C13H19F2N/c1-12(2,3)9-6-5-7-10(11(9)14)13(4,15)8-16/h5-7H,8,16H2,1-4H3. The zero-order valence-electron chi connectivity index (χ0n) is 10.3. The van der Waals surface area contributed by atoms with Gasteiger partial charge in [0.2, 0.25) is 0 Å². The SMILES string of the molecule is CC(C)(C)c1cccc(C(C)(F)CN)c1F. The summed E-state index contributed by atoms with van der Waals surface area (Å²) in [5, 5.41) is 0. The second kappa shape index (κ2) is 4.13. The summed E-state index contributed by atoms with van der Waals surface area (Å²) in [5.74, 6) is -0.481. The Morgan fingerprint density at radius 3 is 2.06 bits per heavy atom. The molecule has 3 heteroatoms. The van der Waals surface area contributed by atoms with E-state index in [0.29, 0.717) is 5.56 Å². The van der Waals surface area contributed by atoms with Gasteiger partial charge in [-0.15, -0.1) is 0 Å². The molecule has 0 fully saturated rings. The van der Waals surface area contributed by atoms with Crippen molar-refractivity contribution in [2.24, 2.45) is 5.73 Å². The molecule has 0 aromatic heterocycles. The summed E-state index contributed by atoms with van der Waals surface area (Å²) < 4.78 is 28.2. The first-order valence-corrected chi connectivity index (χ1v) is 5.38. The zero-order valence-corrected chi connectivity index (χ0v) is 10.3. The molecule has 0 saturated carbocycles. The molecule has 1 aromatic carbocycles. The molecule has 0 aliphatic rings. The highest BCUT2D eigenvalue weighted by atomic mass is 19.1. The van der Waals surface area contributed by atoms with Gasteiger partial charge >= 0.3 is 0 Å². The summed E-state index contributed by atoms with van der Waals surface area (Å²) >= 11 is 0. The molecule has 90 valence electrons. The predicted molar refractivity (Wildman–Crippen MR) is 62.6 cm³/mol. The van der Waals surface area contributed by atoms with E-state index in [0.717, 1.165) is 0 Å². The highest BCUT2D eigenvalue weighted by molar-refractivity contribution is 5.34. The lowest BCUT2D eigenvalue weighted by Gasteiger charge is -2.25. The van der Waals surface area contributed by atoms with E-state index in [1.807, 2.05) is 20.8 Å². The molecule has 0 aliphatic carbocycles. The van der Waals surface area contributed by atoms with Gasteiger partial charge in [-0.25, -0.2) is 8.78 Å².